The van der Waals surface area contributed by atoms with E-state index in [9.17, 15) is 9.59 Å². The number of amides is 2. The summed E-state index contributed by atoms with van der Waals surface area (Å²) < 4.78 is 0. The van der Waals surface area contributed by atoms with Crippen LogP contribution in [0.25, 0.3) is 0 Å². The molecule has 1 atom stereocenters. The Morgan fingerprint density at radius 2 is 1.88 bits per heavy atom. The van der Waals surface area contributed by atoms with Gasteiger partial charge in [-0.2, -0.15) is 0 Å². The van der Waals surface area contributed by atoms with Crippen molar-refractivity contribution in [2.45, 2.75) is 38.6 Å². The normalized spacial score (nSPS) is 20.0. The molecule has 1 saturated carbocycles. The van der Waals surface area contributed by atoms with Gasteiger partial charge in [0.2, 0.25) is 11.8 Å². The number of carbonyl (C=O) groups is 2. The van der Waals surface area contributed by atoms with Gasteiger partial charge in [-0.25, -0.2) is 4.98 Å². The van der Waals surface area contributed by atoms with Crippen molar-refractivity contribution < 1.29 is 9.59 Å². The lowest BCUT2D eigenvalue weighted by molar-refractivity contribution is -0.137. The third kappa shape index (κ3) is 3.83. The van der Waals surface area contributed by atoms with Crippen LogP contribution < -0.4 is 10.2 Å². The molecule has 0 aromatic carbocycles. The number of rotatable bonds is 4. The Morgan fingerprint density at radius 1 is 1.17 bits per heavy atom. The quantitative estimate of drug-likeness (QED) is 0.884. The largest absolute Gasteiger partial charge is 0.352 e. The SMILES string of the molecule is CC(=O)N[C@H](C(=O)N1CCN(c2cnccn2)CC1)C1CCCC1. The molecule has 2 amide bonds. The van der Waals surface area contributed by atoms with E-state index in [2.05, 4.69) is 20.2 Å². The molecule has 0 spiro atoms. The number of piperazine rings is 1. The summed E-state index contributed by atoms with van der Waals surface area (Å²) in [4.78, 5) is 36.9. The molecule has 1 aliphatic carbocycles. The van der Waals surface area contributed by atoms with Crippen molar-refractivity contribution in [3.63, 3.8) is 0 Å². The van der Waals surface area contributed by atoms with Gasteiger partial charge >= 0.3 is 0 Å². The van der Waals surface area contributed by atoms with E-state index in [0.717, 1.165) is 44.6 Å². The molecule has 1 aromatic rings. The van der Waals surface area contributed by atoms with E-state index >= 15 is 0 Å². The first kappa shape index (κ1) is 16.7. The minimum atomic E-state index is -0.368. The van der Waals surface area contributed by atoms with E-state index in [1.54, 1.807) is 18.6 Å². The third-order valence-electron chi connectivity index (χ3n) is 4.96. The fourth-order valence-electron chi connectivity index (χ4n) is 3.70. The van der Waals surface area contributed by atoms with Crippen LogP contribution in [0.5, 0.6) is 0 Å². The van der Waals surface area contributed by atoms with E-state index in [4.69, 9.17) is 0 Å². The van der Waals surface area contributed by atoms with Crippen molar-refractivity contribution in [1.82, 2.24) is 20.2 Å². The van der Waals surface area contributed by atoms with Gasteiger partial charge in [0, 0.05) is 45.5 Å². The highest BCUT2D eigenvalue weighted by Crippen LogP contribution is 2.29. The van der Waals surface area contributed by atoms with Gasteiger partial charge in [0.15, 0.2) is 0 Å². The number of nitrogens with one attached hydrogen (secondary N) is 1. The van der Waals surface area contributed by atoms with Crippen molar-refractivity contribution in [2.24, 2.45) is 5.92 Å². The van der Waals surface area contributed by atoms with Gasteiger partial charge in [0.25, 0.3) is 0 Å². The zero-order valence-electron chi connectivity index (χ0n) is 14.1. The average molecular weight is 331 g/mol. The molecule has 3 rings (SSSR count). The molecule has 1 aromatic heterocycles. The second kappa shape index (κ2) is 7.59. The van der Waals surface area contributed by atoms with Crippen LogP contribution >= 0.6 is 0 Å². The van der Waals surface area contributed by atoms with Crippen molar-refractivity contribution in [3.8, 4) is 0 Å². The van der Waals surface area contributed by atoms with Gasteiger partial charge in [-0.1, -0.05) is 12.8 Å². The molecule has 130 valence electrons. The molecule has 0 radical (unpaired) electrons. The Kier molecular flexibility index (Phi) is 5.27. The lowest BCUT2D eigenvalue weighted by Gasteiger charge is -2.38. The van der Waals surface area contributed by atoms with Gasteiger partial charge < -0.3 is 15.1 Å². The van der Waals surface area contributed by atoms with Crippen LogP contribution in [-0.4, -0.2) is 58.9 Å². The molecule has 0 bridgehead atoms. The summed E-state index contributed by atoms with van der Waals surface area (Å²) in [6.07, 6.45) is 9.42. The maximum absolute atomic E-state index is 12.9. The summed E-state index contributed by atoms with van der Waals surface area (Å²) in [6, 6.07) is -0.368. The minimum Gasteiger partial charge on any atom is -0.352 e. The highest BCUT2D eigenvalue weighted by atomic mass is 16.2. The summed E-state index contributed by atoms with van der Waals surface area (Å²) in [5.41, 5.74) is 0. The molecule has 1 N–H and O–H groups in total. The third-order valence-corrected chi connectivity index (χ3v) is 4.96. The monoisotopic (exact) mass is 331 g/mol. The molecule has 2 aliphatic rings. The Hall–Kier alpha value is -2.18. The van der Waals surface area contributed by atoms with E-state index in [0.29, 0.717) is 13.1 Å². The maximum atomic E-state index is 12.9. The lowest BCUT2D eigenvalue weighted by Crippen LogP contribution is -2.56. The molecule has 7 nitrogen and oxygen atoms in total. The van der Waals surface area contributed by atoms with Crippen molar-refractivity contribution in [1.29, 1.82) is 0 Å². The summed E-state index contributed by atoms with van der Waals surface area (Å²) in [7, 11) is 0. The van der Waals surface area contributed by atoms with Crippen LogP contribution in [0.1, 0.15) is 32.6 Å². The topological polar surface area (TPSA) is 78.4 Å². The van der Waals surface area contributed by atoms with Crippen LogP contribution in [0, 0.1) is 5.92 Å². The number of aromatic nitrogens is 2. The zero-order chi connectivity index (χ0) is 16.9. The Bertz CT molecular complexity index is 566. The number of nitrogens with zero attached hydrogens (tertiary/aromatic N) is 4. The summed E-state index contributed by atoms with van der Waals surface area (Å²) >= 11 is 0. The predicted molar refractivity (Wildman–Crippen MR) is 90.4 cm³/mol. The number of anilines is 1. The van der Waals surface area contributed by atoms with Gasteiger partial charge in [-0.05, 0) is 18.8 Å². The standard InChI is InChI=1S/C17H25N5O2/c1-13(23)20-16(14-4-2-3-5-14)17(24)22-10-8-21(9-11-22)15-12-18-6-7-19-15/h6-7,12,14,16H,2-5,8-11H2,1H3,(H,20,23)/t16-/m0/s1. The van der Waals surface area contributed by atoms with E-state index in [1.807, 2.05) is 4.90 Å². The van der Waals surface area contributed by atoms with E-state index in [1.165, 1.54) is 6.92 Å². The number of hydrogen-bond acceptors (Lipinski definition) is 5. The van der Waals surface area contributed by atoms with Crippen LogP contribution in [0.3, 0.4) is 0 Å². The van der Waals surface area contributed by atoms with Gasteiger partial charge in [0.1, 0.15) is 11.9 Å². The average Bonchev–Trinajstić information content (AvgIpc) is 3.14. The lowest BCUT2D eigenvalue weighted by atomic mass is 9.96. The van der Waals surface area contributed by atoms with Crippen molar-refractivity contribution >= 4 is 17.6 Å². The van der Waals surface area contributed by atoms with Crippen LogP contribution in [0.15, 0.2) is 18.6 Å². The van der Waals surface area contributed by atoms with Crippen LogP contribution in [0.2, 0.25) is 0 Å². The Labute approximate surface area is 142 Å². The highest BCUT2D eigenvalue weighted by molar-refractivity contribution is 5.87. The molecule has 7 heteroatoms. The van der Waals surface area contributed by atoms with Crippen molar-refractivity contribution in [3.05, 3.63) is 18.6 Å². The Morgan fingerprint density at radius 3 is 2.46 bits per heavy atom. The minimum absolute atomic E-state index is 0.0656. The predicted octanol–water partition coefficient (Wildman–Crippen LogP) is 0.820. The van der Waals surface area contributed by atoms with Crippen molar-refractivity contribution in [2.75, 3.05) is 31.1 Å². The fourth-order valence-corrected chi connectivity index (χ4v) is 3.70. The van der Waals surface area contributed by atoms with Crippen LogP contribution in [-0.2, 0) is 9.59 Å². The molecule has 1 aliphatic heterocycles. The molecule has 1 saturated heterocycles. The smallest absolute Gasteiger partial charge is 0.245 e. The summed E-state index contributed by atoms with van der Waals surface area (Å²) in [5, 5.41) is 2.90. The van der Waals surface area contributed by atoms with Gasteiger partial charge in [0.05, 0.1) is 6.20 Å². The second-order valence-corrected chi connectivity index (χ2v) is 6.60. The van der Waals surface area contributed by atoms with E-state index < -0.39 is 0 Å². The number of hydrogen-bond donors (Lipinski definition) is 1. The molecule has 2 fully saturated rings. The first-order valence-electron chi connectivity index (χ1n) is 8.72. The molecule has 2 heterocycles. The van der Waals surface area contributed by atoms with Crippen LogP contribution in [0.4, 0.5) is 5.82 Å². The summed E-state index contributed by atoms with van der Waals surface area (Å²) in [5.74, 6) is 1.06. The van der Waals surface area contributed by atoms with E-state index in [-0.39, 0.29) is 23.8 Å². The number of carbonyl (C=O) groups excluding carboxylic acids is 2. The zero-order valence-corrected chi connectivity index (χ0v) is 14.1. The highest BCUT2D eigenvalue weighted by Gasteiger charge is 2.35. The molecular weight excluding hydrogens is 306 g/mol. The fraction of sp³-hybridized carbons (Fsp3) is 0.647. The maximum Gasteiger partial charge on any atom is 0.245 e. The summed E-state index contributed by atoms with van der Waals surface area (Å²) in [6.45, 7) is 4.27. The van der Waals surface area contributed by atoms with Gasteiger partial charge in [-0.3, -0.25) is 14.6 Å². The molecular formula is C17H25N5O2. The Balaban J connectivity index is 1.61. The van der Waals surface area contributed by atoms with Gasteiger partial charge in [-0.15, -0.1) is 0 Å². The molecule has 24 heavy (non-hydrogen) atoms. The second-order valence-electron chi connectivity index (χ2n) is 6.60. The first-order chi connectivity index (χ1) is 11.6. The first-order valence-corrected chi connectivity index (χ1v) is 8.72. The molecule has 0 unspecified atom stereocenters.